The van der Waals surface area contributed by atoms with Gasteiger partial charge < -0.3 is 30.3 Å². The zero-order valence-corrected chi connectivity index (χ0v) is 21.1. The maximum absolute atomic E-state index is 12.8. The normalized spacial score (nSPS) is 21.2. The van der Waals surface area contributed by atoms with E-state index in [9.17, 15) is 20.0 Å². The lowest BCUT2D eigenvalue weighted by molar-refractivity contribution is -0.137. The minimum absolute atomic E-state index is 0.0463. The van der Waals surface area contributed by atoms with E-state index in [0.29, 0.717) is 42.9 Å². The highest BCUT2D eigenvalue weighted by Crippen LogP contribution is 2.62. The number of anilines is 1. The Hall–Kier alpha value is -3.61. The Morgan fingerprint density at radius 1 is 1.30 bits per heavy atom. The number of carboxylic acid groups (broad SMARTS) is 1. The number of hydrogen-bond donors (Lipinski definition) is 4. The van der Waals surface area contributed by atoms with Gasteiger partial charge in [-0.05, 0) is 68.5 Å². The Balaban J connectivity index is 1.52. The van der Waals surface area contributed by atoms with Crippen LogP contribution in [0.4, 0.5) is 5.69 Å². The van der Waals surface area contributed by atoms with Crippen LogP contribution in [0.5, 0.6) is 5.75 Å². The summed E-state index contributed by atoms with van der Waals surface area (Å²) >= 11 is 0. The van der Waals surface area contributed by atoms with Crippen molar-refractivity contribution in [3.8, 4) is 11.8 Å². The van der Waals surface area contributed by atoms with Gasteiger partial charge in [0.15, 0.2) is 0 Å². The first-order valence-corrected chi connectivity index (χ1v) is 12.5. The summed E-state index contributed by atoms with van der Waals surface area (Å²) in [6.07, 6.45) is 1.58. The molecule has 0 radical (unpaired) electrons. The van der Waals surface area contributed by atoms with Gasteiger partial charge in [0.1, 0.15) is 12.0 Å². The zero-order valence-electron chi connectivity index (χ0n) is 21.1. The van der Waals surface area contributed by atoms with Crippen LogP contribution in [-0.2, 0) is 21.4 Å². The van der Waals surface area contributed by atoms with Crippen LogP contribution in [0.25, 0.3) is 0 Å². The molecule has 9 nitrogen and oxygen atoms in total. The van der Waals surface area contributed by atoms with E-state index in [1.54, 1.807) is 31.4 Å². The number of aliphatic carboxylic acids is 1. The Bertz CT molecular complexity index is 1210. The van der Waals surface area contributed by atoms with E-state index in [-0.39, 0.29) is 29.7 Å². The Morgan fingerprint density at radius 2 is 2.11 bits per heavy atom. The van der Waals surface area contributed by atoms with Gasteiger partial charge in [0.05, 0.1) is 24.8 Å². The van der Waals surface area contributed by atoms with E-state index in [4.69, 9.17) is 14.6 Å². The van der Waals surface area contributed by atoms with Crippen molar-refractivity contribution in [2.24, 2.45) is 5.92 Å². The van der Waals surface area contributed by atoms with Gasteiger partial charge in [-0.25, -0.2) is 0 Å². The topological polar surface area (TPSA) is 141 Å². The molecule has 196 valence electrons. The number of nitrogens with zero attached hydrogens (tertiary/aromatic N) is 1. The smallest absolute Gasteiger partial charge is 0.303 e. The molecule has 2 aromatic rings. The van der Waals surface area contributed by atoms with Gasteiger partial charge >= 0.3 is 5.97 Å². The van der Waals surface area contributed by atoms with Crippen molar-refractivity contribution in [2.45, 2.75) is 56.7 Å². The van der Waals surface area contributed by atoms with Crippen molar-refractivity contribution in [3.63, 3.8) is 0 Å². The van der Waals surface area contributed by atoms with Crippen molar-refractivity contribution in [3.05, 3.63) is 58.7 Å². The highest BCUT2D eigenvalue weighted by molar-refractivity contribution is 5.95. The number of carbonyl (C=O) groups is 2. The molecule has 0 bridgehead atoms. The van der Waals surface area contributed by atoms with Gasteiger partial charge in [-0.2, -0.15) is 5.26 Å². The summed E-state index contributed by atoms with van der Waals surface area (Å²) in [7, 11) is 1.59. The fraction of sp³-hybridized carbons (Fsp3) is 0.464. The van der Waals surface area contributed by atoms with Gasteiger partial charge in [0.2, 0.25) is 0 Å². The number of rotatable bonds is 11. The van der Waals surface area contributed by atoms with Crippen LogP contribution in [-0.4, -0.2) is 54.7 Å². The average molecular weight is 508 g/mol. The fourth-order valence-corrected chi connectivity index (χ4v) is 5.30. The molecule has 1 heterocycles. The lowest BCUT2D eigenvalue weighted by Gasteiger charge is -2.29. The molecule has 2 aliphatic rings. The molecule has 0 aromatic heterocycles. The third kappa shape index (κ3) is 5.87. The minimum Gasteiger partial charge on any atom is -0.493 e. The predicted octanol–water partition coefficient (Wildman–Crippen LogP) is 3.20. The second-order valence-corrected chi connectivity index (χ2v) is 9.93. The lowest BCUT2D eigenvalue weighted by atomic mass is 9.86. The number of hydrogen-bond acceptors (Lipinski definition) is 7. The molecule has 1 aliphatic heterocycles. The van der Waals surface area contributed by atoms with Crippen molar-refractivity contribution in [1.29, 1.82) is 5.26 Å². The third-order valence-electron chi connectivity index (χ3n) is 7.27. The Morgan fingerprint density at radius 3 is 2.84 bits per heavy atom. The first-order chi connectivity index (χ1) is 17.8. The molecule has 9 heteroatoms. The molecule has 1 spiro atoms. The van der Waals surface area contributed by atoms with E-state index in [0.717, 1.165) is 29.7 Å². The molecule has 1 aliphatic carbocycles. The highest BCUT2D eigenvalue weighted by atomic mass is 16.5. The van der Waals surface area contributed by atoms with Crippen LogP contribution in [0.15, 0.2) is 36.4 Å². The summed E-state index contributed by atoms with van der Waals surface area (Å²) < 4.78 is 11.0. The van der Waals surface area contributed by atoms with E-state index in [1.165, 1.54) is 0 Å². The molecule has 1 fully saturated rings. The number of aliphatic hydroxyl groups excluding tert-OH is 1. The van der Waals surface area contributed by atoms with E-state index < -0.39 is 12.2 Å². The Kier molecular flexibility index (Phi) is 8.00. The van der Waals surface area contributed by atoms with Gasteiger partial charge in [-0.15, -0.1) is 0 Å². The molecule has 37 heavy (non-hydrogen) atoms. The predicted molar refractivity (Wildman–Crippen MR) is 137 cm³/mol. The SMILES string of the molecule is COCC(C)NC(=O)c1ccc2c(c1)[C@]1(CCO2)C[C@H]1C(O)Nc1cc(C#N)ccc1CCCC(=O)O. The molecule has 4 rings (SSSR count). The van der Waals surface area contributed by atoms with Crippen LogP contribution in [0.2, 0.25) is 0 Å². The molecule has 2 unspecified atom stereocenters. The summed E-state index contributed by atoms with van der Waals surface area (Å²) in [5.41, 5.74) is 3.07. The molecular weight excluding hydrogens is 474 g/mol. The Labute approximate surface area is 216 Å². The molecule has 4 atom stereocenters. The number of carboxylic acids is 1. The molecule has 2 aromatic carbocycles. The van der Waals surface area contributed by atoms with Crippen LogP contribution >= 0.6 is 0 Å². The lowest BCUT2D eigenvalue weighted by Crippen LogP contribution is -2.36. The van der Waals surface area contributed by atoms with Gasteiger partial charge in [-0.3, -0.25) is 9.59 Å². The summed E-state index contributed by atoms with van der Waals surface area (Å²) in [4.78, 5) is 23.7. The largest absolute Gasteiger partial charge is 0.493 e. The number of fused-ring (bicyclic) bond motifs is 2. The second-order valence-electron chi connectivity index (χ2n) is 9.93. The minimum atomic E-state index is -0.891. The number of ether oxygens (including phenoxy) is 2. The van der Waals surface area contributed by atoms with Gasteiger partial charge in [0.25, 0.3) is 5.91 Å². The number of benzene rings is 2. The van der Waals surface area contributed by atoms with Crippen LogP contribution in [0.1, 0.15) is 59.7 Å². The second kappa shape index (κ2) is 11.2. The summed E-state index contributed by atoms with van der Waals surface area (Å²) in [5, 5.41) is 35.7. The number of nitrogens with one attached hydrogen (secondary N) is 2. The molecule has 1 saturated carbocycles. The summed E-state index contributed by atoms with van der Waals surface area (Å²) in [5.74, 6) is -0.437. The van der Waals surface area contributed by atoms with Crippen LogP contribution in [0.3, 0.4) is 0 Å². The number of nitriles is 1. The first kappa shape index (κ1) is 26.5. The average Bonchev–Trinajstić information content (AvgIpc) is 3.59. The molecular formula is C28H33N3O6. The van der Waals surface area contributed by atoms with Gasteiger partial charge in [-0.1, -0.05) is 6.07 Å². The van der Waals surface area contributed by atoms with Crippen molar-refractivity contribution >= 4 is 17.6 Å². The number of aliphatic hydroxyl groups is 1. The maximum atomic E-state index is 12.8. The first-order valence-electron chi connectivity index (χ1n) is 12.5. The molecule has 1 amide bonds. The summed E-state index contributed by atoms with van der Waals surface area (Å²) in [6.45, 7) is 2.81. The van der Waals surface area contributed by atoms with Crippen LogP contribution < -0.4 is 15.4 Å². The van der Waals surface area contributed by atoms with Crippen LogP contribution in [0, 0.1) is 17.2 Å². The van der Waals surface area contributed by atoms with Crippen molar-refractivity contribution in [2.75, 3.05) is 25.6 Å². The highest BCUT2D eigenvalue weighted by Gasteiger charge is 2.60. The maximum Gasteiger partial charge on any atom is 0.303 e. The number of carbonyl (C=O) groups excluding carboxylic acids is 1. The van der Waals surface area contributed by atoms with E-state index in [1.807, 2.05) is 19.1 Å². The third-order valence-corrected chi connectivity index (χ3v) is 7.27. The number of aryl methyl sites for hydroxylation is 1. The number of methoxy groups -OCH3 is 1. The monoisotopic (exact) mass is 507 g/mol. The van der Waals surface area contributed by atoms with Crippen molar-refractivity contribution < 1.29 is 29.3 Å². The molecule has 0 saturated heterocycles. The van der Waals surface area contributed by atoms with Gasteiger partial charge in [0, 0.05) is 47.7 Å². The van der Waals surface area contributed by atoms with E-state index >= 15 is 0 Å². The molecule has 4 N–H and O–H groups in total. The fourth-order valence-electron chi connectivity index (χ4n) is 5.30. The standard InChI is InChI=1S/C28H33N3O6/c1-17(16-36-2)30-26(34)20-8-9-24-21(13-20)28(10-11-37-24)14-22(28)27(35)31-23-12-18(15-29)6-7-19(23)4-3-5-25(32)33/h6-9,12-13,17,22,27,31,35H,3-5,10-11,14,16H2,1-2H3,(H,30,34)(H,32,33)/t17?,22-,27?,28-/m0/s1. The quantitative estimate of drug-likeness (QED) is 0.340. The number of amides is 1. The van der Waals surface area contributed by atoms with Crippen molar-refractivity contribution in [1.82, 2.24) is 5.32 Å². The summed E-state index contributed by atoms with van der Waals surface area (Å²) in [6, 6.07) is 12.6. The van der Waals surface area contributed by atoms with E-state index in [2.05, 4.69) is 16.7 Å². The zero-order chi connectivity index (χ0) is 26.6.